The topological polar surface area (TPSA) is 50.4 Å². The SMILES string of the molecule is CC(C)CCOc1cccc(NCC(=O)Nc2ccccc2)c1. The Morgan fingerprint density at radius 1 is 1.04 bits per heavy atom. The van der Waals surface area contributed by atoms with E-state index >= 15 is 0 Å². The zero-order chi connectivity index (χ0) is 16.5. The first-order valence-electron chi connectivity index (χ1n) is 7.95. The standard InChI is InChI=1S/C19H24N2O2/c1-15(2)11-12-23-18-10-6-9-17(13-18)20-14-19(22)21-16-7-4-3-5-8-16/h3-10,13,15,20H,11-12,14H2,1-2H3,(H,21,22). The van der Waals surface area contributed by atoms with Gasteiger partial charge in [-0.15, -0.1) is 0 Å². The Hall–Kier alpha value is -2.49. The van der Waals surface area contributed by atoms with Crippen LogP contribution in [-0.2, 0) is 4.79 Å². The van der Waals surface area contributed by atoms with Gasteiger partial charge in [0, 0.05) is 17.4 Å². The quantitative estimate of drug-likeness (QED) is 0.769. The van der Waals surface area contributed by atoms with E-state index in [0.29, 0.717) is 12.5 Å². The van der Waals surface area contributed by atoms with Gasteiger partial charge in [-0.05, 0) is 36.6 Å². The van der Waals surface area contributed by atoms with Crippen molar-refractivity contribution in [3.05, 3.63) is 54.6 Å². The fourth-order valence-electron chi connectivity index (χ4n) is 2.02. The second kappa shape index (κ2) is 8.83. The van der Waals surface area contributed by atoms with E-state index in [9.17, 15) is 4.79 Å². The maximum absolute atomic E-state index is 11.9. The number of benzene rings is 2. The summed E-state index contributed by atoms with van der Waals surface area (Å²) < 4.78 is 5.72. The van der Waals surface area contributed by atoms with Crippen LogP contribution in [-0.4, -0.2) is 19.1 Å². The molecule has 2 rings (SSSR count). The van der Waals surface area contributed by atoms with Crippen LogP contribution in [0.2, 0.25) is 0 Å². The van der Waals surface area contributed by atoms with Gasteiger partial charge in [-0.25, -0.2) is 0 Å². The molecule has 0 bridgehead atoms. The van der Waals surface area contributed by atoms with E-state index in [0.717, 1.165) is 23.5 Å². The number of rotatable bonds is 8. The smallest absolute Gasteiger partial charge is 0.243 e. The first kappa shape index (κ1) is 16.9. The Morgan fingerprint density at radius 2 is 1.78 bits per heavy atom. The van der Waals surface area contributed by atoms with Crippen LogP contribution in [0.5, 0.6) is 5.75 Å². The minimum absolute atomic E-state index is 0.0812. The summed E-state index contributed by atoms with van der Waals surface area (Å²) in [6, 6.07) is 17.1. The third-order valence-electron chi connectivity index (χ3n) is 3.31. The van der Waals surface area contributed by atoms with Crippen molar-refractivity contribution in [3.8, 4) is 5.75 Å². The highest BCUT2D eigenvalue weighted by molar-refractivity contribution is 5.93. The van der Waals surface area contributed by atoms with E-state index in [1.165, 1.54) is 0 Å². The highest BCUT2D eigenvalue weighted by atomic mass is 16.5. The predicted molar refractivity (Wildman–Crippen MR) is 95.0 cm³/mol. The molecule has 122 valence electrons. The molecule has 0 saturated heterocycles. The molecule has 0 spiro atoms. The highest BCUT2D eigenvalue weighted by Crippen LogP contribution is 2.18. The second-order valence-corrected chi connectivity index (χ2v) is 5.83. The van der Waals surface area contributed by atoms with E-state index in [-0.39, 0.29) is 12.5 Å². The largest absolute Gasteiger partial charge is 0.494 e. The monoisotopic (exact) mass is 312 g/mol. The minimum Gasteiger partial charge on any atom is -0.494 e. The molecule has 0 unspecified atom stereocenters. The number of carbonyl (C=O) groups is 1. The summed E-state index contributed by atoms with van der Waals surface area (Å²) in [4.78, 5) is 11.9. The van der Waals surface area contributed by atoms with Crippen molar-refractivity contribution in [1.29, 1.82) is 0 Å². The maximum atomic E-state index is 11.9. The van der Waals surface area contributed by atoms with Gasteiger partial charge in [0.2, 0.25) is 5.91 Å². The van der Waals surface area contributed by atoms with Gasteiger partial charge in [-0.1, -0.05) is 38.1 Å². The van der Waals surface area contributed by atoms with Crippen LogP contribution in [0.1, 0.15) is 20.3 Å². The summed E-state index contributed by atoms with van der Waals surface area (Å²) in [7, 11) is 0. The van der Waals surface area contributed by atoms with Gasteiger partial charge in [-0.3, -0.25) is 4.79 Å². The molecule has 0 fully saturated rings. The first-order valence-corrected chi connectivity index (χ1v) is 7.95. The van der Waals surface area contributed by atoms with Gasteiger partial charge in [0.15, 0.2) is 0 Å². The summed E-state index contributed by atoms with van der Waals surface area (Å²) in [5, 5.41) is 5.95. The zero-order valence-electron chi connectivity index (χ0n) is 13.7. The highest BCUT2D eigenvalue weighted by Gasteiger charge is 2.03. The molecule has 0 heterocycles. The van der Waals surface area contributed by atoms with Crippen molar-refractivity contribution in [2.24, 2.45) is 5.92 Å². The number of hydrogen-bond donors (Lipinski definition) is 2. The summed E-state index contributed by atoms with van der Waals surface area (Å²) in [6.07, 6.45) is 1.02. The van der Waals surface area contributed by atoms with Crippen molar-refractivity contribution >= 4 is 17.3 Å². The van der Waals surface area contributed by atoms with Gasteiger partial charge < -0.3 is 15.4 Å². The van der Waals surface area contributed by atoms with Gasteiger partial charge >= 0.3 is 0 Å². The molecule has 0 aromatic heterocycles. The molecule has 0 atom stereocenters. The summed E-state index contributed by atoms with van der Waals surface area (Å²) in [5.41, 5.74) is 1.67. The molecule has 0 saturated carbocycles. The van der Waals surface area contributed by atoms with Crippen LogP contribution < -0.4 is 15.4 Å². The lowest BCUT2D eigenvalue weighted by molar-refractivity contribution is -0.114. The molecule has 0 aliphatic carbocycles. The molecule has 2 N–H and O–H groups in total. The summed E-state index contributed by atoms with van der Waals surface area (Å²) in [5.74, 6) is 1.36. The molecular formula is C19H24N2O2. The van der Waals surface area contributed by atoms with Crippen LogP contribution in [0.15, 0.2) is 54.6 Å². The Kier molecular flexibility index (Phi) is 6.48. The minimum atomic E-state index is -0.0812. The lowest BCUT2D eigenvalue weighted by Crippen LogP contribution is -2.21. The Balaban J connectivity index is 1.80. The second-order valence-electron chi connectivity index (χ2n) is 5.83. The van der Waals surface area contributed by atoms with Gasteiger partial charge in [0.05, 0.1) is 13.2 Å². The molecule has 4 nitrogen and oxygen atoms in total. The fourth-order valence-corrected chi connectivity index (χ4v) is 2.02. The predicted octanol–water partition coefficient (Wildman–Crippen LogP) is 4.16. The molecule has 0 aliphatic rings. The number of ether oxygens (including phenoxy) is 1. The van der Waals surface area contributed by atoms with Crippen LogP contribution in [0.4, 0.5) is 11.4 Å². The molecule has 23 heavy (non-hydrogen) atoms. The Bertz CT molecular complexity index is 612. The van der Waals surface area contributed by atoms with E-state index in [4.69, 9.17) is 4.74 Å². The molecule has 4 heteroatoms. The van der Waals surface area contributed by atoms with Gasteiger partial charge in [0.1, 0.15) is 5.75 Å². The maximum Gasteiger partial charge on any atom is 0.243 e. The molecule has 0 radical (unpaired) electrons. The van der Waals surface area contributed by atoms with E-state index in [1.807, 2.05) is 54.6 Å². The van der Waals surface area contributed by atoms with E-state index in [2.05, 4.69) is 24.5 Å². The normalized spacial score (nSPS) is 10.4. The molecule has 1 amide bonds. The van der Waals surface area contributed by atoms with Crippen molar-refractivity contribution in [1.82, 2.24) is 0 Å². The molecule has 0 aliphatic heterocycles. The average Bonchev–Trinajstić information content (AvgIpc) is 2.54. The van der Waals surface area contributed by atoms with Gasteiger partial charge in [-0.2, -0.15) is 0 Å². The number of para-hydroxylation sites is 1. The number of anilines is 2. The third kappa shape index (κ3) is 6.43. The Labute approximate surface area is 137 Å². The van der Waals surface area contributed by atoms with Crippen LogP contribution in [0.25, 0.3) is 0 Å². The number of amides is 1. The number of carbonyl (C=O) groups excluding carboxylic acids is 1. The first-order chi connectivity index (χ1) is 11.1. The Morgan fingerprint density at radius 3 is 2.52 bits per heavy atom. The van der Waals surface area contributed by atoms with Crippen LogP contribution in [0.3, 0.4) is 0 Å². The molecular weight excluding hydrogens is 288 g/mol. The molecule has 2 aromatic rings. The van der Waals surface area contributed by atoms with E-state index < -0.39 is 0 Å². The van der Waals surface area contributed by atoms with Crippen molar-refractivity contribution < 1.29 is 9.53 Å². The van der Waals surface area contributed by atoms with Crippen LogP contribution in [0, 0.1) is 5.92 Å². The number of nitrogens with one attached hydrogen (secondary N) is 2. The summed E-state index contributed by atoms with van der Waals surface area (Å²) >= 11 is 0. The van der Waals surface area contributed by atoms with Crippen LogP contribution >= 0.6 is 0 Å². The van der Waals surface area contributed by atoms with Gasteiger partial charge in [0.25, 0.3) is 0 Å². The van der Waals surface area contributed by atoms with E-state index in [1.54, 1.807) is 0 Å². The van der Waals surface area contributed by atoms with Crippen molar-refractivity contribution in [2.45, 2.75) is 20.3 Å². The lowest BCUT2D eigenvalue weighted by Gasteiger charge is -2.11. The van der Waals surface area contributed by atoms with Crippen molar-refractivity contribution in [3.63, 3.8) is 0 Å². The molecule has 2 aromatic carbocycles. The summed E-state index contributed by atoms with van der Waals surface area (Å²) in [6.45, 7) is 5.26. The van der Waals surface area contributed by atoms with Crippen molar-refractivity contribution in [2.75, 3.05) is 23.8 Å². The number of hydrogen-bond acceptors (Lipinski definition) is 3. The third-order valence-corrected chi connectivity index (χ3v) is 3.31. The zero-order valence-corrected chi connectivity index (χ0v) is 13.7. The average molecular weight is 312 g/mol. The lowest BCUT2D eigenvalue weighted by atomic mass is 10.1. The fraction of sp³-hybridized carbons (Fsp3) is 0.316.